The van der Waals surface area contributed by atoms with Crippen molar-refractivity contribution in [3.8, 4) is 11.4 Å². The van der Waals surface area contributed by atoms with E-state index in [1.165, 1.54) is 10.6 Å². The molecule has 7 nitrogen and oxygen atoms in total. The van der Waals surface area contributed by atoms with Crippen molar-refractivity contribution in [2.24, 2.45) is 0 Å². The van der Waals surface area contributed by atoms with Crippen LogP contribution in [0.5, 0.6) is 0 Å². The number of carbonyl (C=O) groups is 1. The molecule has 0 radical (unpaired) electrons. The summed E-state index contributed by atoms with van der Waals surface area (Å²) in [7, 11) is 0. The zero-order valence-corrected chi connectivity index (χ0v) is 17.6. The lowest BCUT2D eigenvalue weighted by Crippen LogP contribution is -2.25. The maximum absolute atomic E-state index is 12.7. The molecule has 0 saturated carbocycles. The minimum atomic E-state index is -0.320. The van der Waals surface area contributed by atoms with Crippen LogP contribution < -0.4 is 10.9 Å². The molecule has 0 saturated heterocycles. The maximum atomic E-state index is 12.7. The number of aromatic nitrogens is 4. The molecule has 0 aliphatic rings. The third-order valence-electron chi connectivity index (χ3n) is 4.87. The number of hydrogen-bond donors (Lipinski definition) is 1. The highest BCUT2D eigenvalue weighted by Crippen LogP contribution is 2.25. The Hall–Kier alpha value is -3.45. The number of nitrogens with zero attached hydrogens (tertiary/aromatic N) is 4. The summed E-state index contributed by atoms with van der Waals surface area (Å²) in [6.45, 7) is 5.69. The number of halogens is 1. The summed E-state index contributed by atoms with van der Waals surface area (Å²) in [5, 5.41) is 7.72. The van der Waals surface area contributed by atoms with Gasteiger partial charge < -0.3 is 9.88 Å². The van der Waals surface area contributed by atoms with Crippen LogP contribution in [-0.4, -0.2) is 25.1 Å². The van der Waals surface area contributed by atoms with E-state index in [0.29, 0.717) is 22.1 Å². The van der Waals surface area contributed by atoms with Crippen LogP contribution in [0.2, 0.25) is 5.02 Å². The lowest BCUT2D eigenvalue weighted by atomic mass is 10.1. The Bertz CT molecular complexity index is 1340. The third-order valence-corrected chi connectivity index (χ3v) is 5.20. The second-order valence-electron chi connectivity index (χ2n) is 7.20. The number of aryl methyl sites for hydroxylation is 3. The molecule has 1 amide bonds. The van der Waals surface area contributed by atoms with Crippen molar-refractivity contribution in [1.82, 2.24) is 19.2 Å². The lowest BCUT2D eigenvalue weighted by molar-refractivity contribution is -0.116. The second-order valence-corrected chi connectivity index (χ2v) is 7.61. The number of anilines is 1. The van der Waals surface area contributed by atoms with Gasteiger partial charge in [-0.15, -0.1) is 5.10 Å². The number of benzene rings is 2. The van der Waals surface area contributed by atoms with Gasteiger partial charge in [0.15, 0.2) is 5.82 Å². The molecule has 2 aromatic heterocycles. The normalized spacial score (nSPS) is 11.1. The molecule has 0 unspecified atom stereocenters. The van der Waals surface area contributed by atoms with Crippen LogP contribution >= 0.6 is 11.6 Å². The summed E-state index contributed by atoms with van der Waals surface area (Å²) < 4.78 is 2.85. The van der Waals surface area contributed by atoms with Crippen LogP contribution in [0.1, 0.15) is 16.8 Å². The second kappa shape index (κ2) is 7.76. The van der Waals surface area contributed by atoms with E-state index in [-0.39, 0.29) is 23.8 Å². The molecule has 2 heterocycles. The Labute approximate surface area is 178 Å². The smallest absolute Gasteiger partial charge is 0.275 e. The van der Waals surface area contributed by atoms with E-state index in [0.717, 1.165) is 16.8 Å². The third kappa shape index (κ3) is 3.71. The van der Waals surface area contributed by atoms with Gasteiger partial charge in [-0.25, -0.2) is 0 Å². The summed E-state index contributed by atoms with van der Waals surface area (Å²) in [6.07, 6.45) is 0. The molecule has 0 spiro atoms. The molecule has 30 heavy (non-hydrogen) atoms. The topological polar surface area (TPSA) is 81.3 Å². The van der Waals surface area contributed by atoms with E-state index >= 15 is 0 Å². The monoisotopic (exact) mass is 421 g/mol. The van der Waals surface area contributed by atoms with Gasteiger partial charge in [-0.3, -0.25) is 9.59 Å². The van der Waals surface area contributed by atoms with Gasteiger partial charge >= 0.3 is 0 Å². The van der Waals surface area contributed by atoms with Crippen molar-refractivity contribution in [3.63, 3.8) is 0 Å². The van der Waals surface area contributed by atoms with Crippen molar-refractivity contribution >= 4 is 29.0 Å². The Balaban J connectivity index is 1.72. The van der Waals surface area contributed by atoms with E-state index < -0.39 is 0 Å². The summed E-state index contributed by atoms with van der Waals surface area (Å²) in [5.41, 5.74) is 3.76. The molecule has 2 aromatic carbocycles. The molecule has 4 aromatic rings. The number of rotatable bonds is 4. The summed E-state index contributed by atoms with van der Waals surface area (Å²) in [5.74, 6) is 0.385. The van der Waals surface area contributed by atoms with Gasteiger partial charge in [0.1, 0.15) is 6.54 Å². The quantitative estimate of drug-likeness (QED) is 0.543. The SMILES string of the molecule is Cc1ccc(NC(=O)Cn2c(C)cc(=O)n3nc(-c4ccccc4Cl)nc23)c(C)c1. The van der Waals surface area contributed by atoms with Crippen molar-refractivity contribution in [2.45, 2.75) is 27.3 Å². The molecule has 152 valence electrons. The highest BCUT2D eigenvalue weighted by Gasteiger charge is 2.17. The Morgan fingerprint density at radius 2 is 1.87 bits per heavy atom. The highest BCUT2D eigenvalue weighted by molar-refractivity contribution is 6.33. The first-order valence-electron chi connectivity index (χ1n) is 9.42. The van der Waals surface area contributed by atoms with Crippen LogP contribution in [0.15, 0.2) is 53.3 Å². The molecule has 4 rings (SSSR count). The van der Waals surface area contributed by atoms with Crippen LogP contribution in [0, 0.1) is 20.8 Å². The Morgan fingerprint density at radius 1 is 1.10 bits per heavy atom. The van der Waals surface area contributed by atoms with Crippen molar-refractivity contribution in [1.29, 1.82) is 0 Å². The zero-order valence-electron chi connectivity index (χ0n) is 16.8. The number of nitrogens with one attached hydrogen (secondary N) is 1. The highest BCUT2D eigenvalue weighted by atomic mass is 35.5. The molecule has 0 fully saturated rings. The van der Waals surface area contributed by atoms with Crippen LogP contribution in [-0.2, 0) is 11.3 Å². The fraction of sp³-hybridized carbons (Fsp3) is 0.182. The molecular weight excluding hydrogens is 402 g/mol. The molecule has 0 bridgehead atoms. The average Bonchev–Trinajstić information content (AvgIpc) is 3.13. The fourth-order valence-corrected chi connectivity index (χ4v) is 3.56. The summed E-state index contributed by atoms with van der Waals surface area (Å²) >= 11 is 6.26. The molecule has 0 atom stereocenters. The van der Waals surface area contributed by atoms with Crippen molar-refractivity contribution in [3.05, 3.63) is 80.7 Å². The zero-order chi connectivity index (χ0) is 21.4. The summed E-state index contributed by atoms with van der Waals surface area (Å²) in [6, 6.07) is 14.4. The lowest BCUT2D eigenvalue weighted by Gasteiger charge is -2.13. The predicted octanol–water partition coefficient (Wildman–Crippen LogP) is 3.78. The van der Waals surface area contributed by atoms with Crippen LogP contribution in [0.4, 0.5) is 5.69 Å². The van der Waals surface area contributed by atoms with Gasteiger partial charge in [0.2, 0.25) is 11.7 Å². The van der Waals surface area contributed by atoms with E-state index in [1.807, 2.05) is 44.2 Å². The molecule has 1 N–H and O–H groups in total. The van der Waals surface area contributed by atoms with Gasteiger partial charge in [-0.2, -0.15) is 9.50 Å². The van der Waals surface area contributed by atoms with Gasteiger partial charge in [0, 0.05) is 23.0 Å². The largest absolute Gasteiger partial charge is 0.324 e. The van der Waals surface area contributed by atoms with Crippen molar-refractivity contribution < 1.29 is 4.79 Å². The standard InChI is InChI=1S/C22H20ClN5O2/c1-13-8-9-18(14(2)10-13)24-19(29)12-27-15(3)11-20(30)28-22(27)25-21(26-28)16-6-4-5-7-17(16)23/h4-11H,12H2,1-3H3,(H,24,29). The van der Waals surface area contributed by atoms with Crippen LogP contribution in [0.3, 0.4) is 0 Å². The molecule has 0 aliphatic heterocycles. The number of fused-ring (bicyclic) bond motifs is 1. The van der Waals surface area contributed by atoms with E-state index in [9.17, 15) is 9.59 Å². The van der Waals surface area contributed by atoms with Gasteiger partial charge in [-0.05, 0) is 44.5 Å². The molecular formula is C22H20ClN5O2. The number of carbonyl (C=O) groups excluding carboxylic acids is 1. The van der Waals surface area contributed by atoms with E-state index in [4.69, 9.17) is 11.6 Å². The first-order chi connectivity index (χ1) is 14.3. The minimum absolute atomic E-state index is 0.0103. The Morgan fingerprint density at radius 3 is 2.60 bits per heavy atom. The number of hydrogen-bond acceptors (Lipinski definition) is 4. The Kier molecular flexibility index (Phi) is 5.13. The minimum Gasteiger partial charge on any atom is -0.324 e. The molecule has 0 aliphatic carbocycles. The average molecular weight is 422 g/mol. The maximum Gasteiger partial charge on any atom is 0.275 e. The van der Waals surface area contributed by atoms with E-state index in [2.05, 4.69) is 15.4 Å². The van der Waals surface area contributed by atoms with Crippen molar-refractivity contribution in [2.75, 3.05) is 5.32 Å². The summed E-state index contributed by atoms with van der Waals surface area (Å²) in [4.78, 5) is 29.7. The first-order valence-corrected chi connectivity index (χ1v) is 9.80. The van der Waals surface area contributed by atoms with Crippen LogP contribution in [0.25, 0.3) is 17.2 Å². The van der Waals surface area contributed by atoms with E-state index in [1.54, 1.807) is 23.6 Å². The van der Waals surface area contributed by atoms with Gasteiger partial charge in [0.05, 0.1) is 5.02 Å². The molecule has 8 heteroatoms. The number of amides is 1. The first kappa shape index (κ1) is 19.8. The van der Waals surface area contributed by atoms with Gasteiger partial charge in [-0.1, -0.05) is 41.4 Å². The predicted molar refractivity (Wildman–Crippen MR) is 117 cm³/mol. The van der Waals surface area contributed by atoms with Gasteiger partial charge in [0.25, 0.3) is 5.56 Å². The fourth-order valence-electron chi connectivity index (χ4n) is 3.34.